The lowest BCUT2D eigenvalue weighted by atomic mass is 9.55. The van der Waals surface area contributed by atoms with Gasteiger partial charge in [0.25, 0.3) is 0 Å². The highest BCUT2D eigenvalue weighted by atomic mass is 16.5. The van der Waals surface area contributed by atoms with Crippen LogP contribution in [0.2, 0.25) is 0 Å². The van der Waals surface area contributed by atoms with Gasteiger partial charge >= 0.3 is 0 Å². The number of hydrogen-bond acceptors (Lipinski definition) is 4. The highest BCUT2D eigenvalue weighted by Crippen LogP contribution is 2.62. The number of aliphatic hydroxyl groups is 1. The van der Waals surface area contributed by atoms with Crippen molar-refractivity contribution >= 4 is 5.91 Å². The van der Waals surface area contributed by atoms with Crippen molar-refractivity contribution in [1.29, 1.82) is 0 Å². The van der Waals surface area contributed by atoms with Crippen molar-refractivity contribution in [3.63, 3.8) is 0 Å². The second kappa shape index (κ2) is 10.5. The Morgan fingerprint density at radius 2 is 1.95 bits per heavy atom. The molecule has 0 bridgehead atoms. The van der Waals surface area contributed by atoms with Gasteiger partial charge in [-0.2, -0.15) is 0 Å². The molecule has 3 aliphatic rings. The molecule has 6 rings (SSSR count). The van der Waals surface area contributed by atoms with Crippen molar-refractivity contribution in [2.24, 2.45) is 23.2 Å². The lowest BCUT2D eigenvalue weighted by Crippen LogP contribution is -2.45. The molecule has 38 heavy (non-hydrogen) atoms. The Morgan fingerprint density at radius 1 is 1.11 bits per heavy atom. The Labute approximate surface area is 225 Å². The lowest BCUT2D eigenvalue weighted by Gasteiger charge is -2.50. The van der Waals surface area contributed by atoms with Crippen LogP contribution in [0.4, 0.5) is 0 Å². The van der Waals surface area contributed by atoms with Gasteiger partial charge in [-0.25, -0.2) is 0 Å². The molecule has 2 N–H and O–H groups in total. The molecule has 5 nitrogen and oxygen atoms in total. The summed E-state index contributed by atoms with van der Waals surface area (Å²) in [5.74, 6) is 2.00. The van der Waals surface area contributed by atoms with Gasteiger partial charge in [0.05, 0.1) is 12.0 Å². The number of carbonyl (C=O) groups is 1. The number of nitrogens with zero attached hydrogens (tertiary/aromatic N) is 1. The summed E-state index contributed by atoms with van der Waals surface area (Å²) in [5.41, 5.74) is 4.95. The van der Waals surface area contributed by atoms with Crippen molar-refractivity contribution in [2.75, 3.05) is 6.54 Å². The standard InChI is InChI=1S/C33H38N2O3/c1-33-15-13-27-26-12-10-25(38-21-23-6-3-2-4-7-23)18-24(26)9-11-28(27)30(33)19-29(31(33)36)32(37)35-17-14-22-8-5-16-34-20-22/h2-8,10,12,16,18,20,27-31,36H,9,11,13-15,17,19,21H2,1H3,(H,35,37). The maximum Gasteiger partial charge on any atom is 0.225 e. The normalized spacial score (nSPS) is 29.6. The first-order chi connectivity index (χ1) is 18.5. The molecule has 1 amide bonds. The minimum Gasteiger partial charge on any atom is -0.489 e. The molecule has 5 heteroatoms. The highest BCUT2D eigenvalue weighted by molar-refractivity contribution is 5.80. The zero-order valence-electron chi connectivity index (χ0n) is 22.2. The first-order valence-electron chi connectivity index (χ1n) is 14.2. The Hall–Kier alpha value is -3.18. The molecule has 0 aliphatic heterocycles. The van der Waals surface area contributed by atoms with E-state index < -0.39 is 6.10 Å². The van der Waals surface area contributed by atoms with Gasteiger partial charge in [-0.1, -0.05) is 49.4 Å². The second-order valence-corrected chi connectivity index (χ2v) is 11.8. The fraction of sp³-hybridized carbons (Fsp3) is 0.455. The van der Waals surface area contributed by atoms with Crippen LogP contribution in [0.5, 0.6) is 5.75 Å². The van der Waals surface area contributed by atoms with E-state index in [2.05, 4.69) is 47.6 Å². The quantitative estimate of drug-likeness (QED) is 0.443. The molecular weight excluding hydrogens is 472 g/mol. The van der Waals surface area contributed by atoms with Crippen molar-refractivity contribution in [3.8, 4) is 5.75 Å². The van der Waals surface area contributed by atoms with E-state index in [-0.39, 0.29) is 17.2 Å². The second-order valence-electron chi connectivity index (χ2n) is 11.8. The number of nitrogens with one attached hydrogen (secondary N) is 1. The topological polar surface area (TPSA) is 71.5 Å². The van der Waals surface area contributed by atoms with E-state index in [4.69, 9.17) is 4.74 Å². The van der Waals surface area contributed by atoms with Crippen molar-refractivity contribution in [1.82, 2.24) is 10.3 Å². The van der Waals surface area contributed by atoms with Gasteiger partial charge in [-0.15, -0.1) is 0 Å². The zero-order chi connectivity index (χ0) is 26.1. The number of aryl methyl sites for hydroxylation is 1. The first kappa shape index (κ1) is 25.1. The maximum absolute atomic E-state index is 13.2. The summed E-state index contributed by atoms with van der Waals surface area (Å²) in [6.07, 6.45) is 8.73. The number of pyridine rings is 1. The van der Waals surface area contributed by atoms with Crippen LogP contribution in [-0.2, 0) is 24.2 Å². The van der Waals surface area contributed by atoms with E-state index in [1.54, 1.807) is 6.20 Å². The summed E-state index contributed by atoms with van der Waals surface area (Å²) in [4.78, 5) is 17.3. The largest absolute Gasteiger partial charge is 0.489 e. The first-order valence-corrected chi connectivity index (χ1v) is 14.2. The monoisotopic (exact) mass is 510 g/mol. The van der Waals surface area contributed by atoms with Gasteiger partial charge in [0.15, 0.2) is 0 Å². The third kappa shape index (κ3) is 4.73. The zero-order valence-corrected chi connectivity index (χ0v) is 22.2. The van der Waals surface area contributed by atoms with E-state index in [9.17, 15) is 9.90 Å². The average Bonchev–Trinajstić information content (AvgIpc) is 3.23. The van der Waals surface area contributed by atoms with Gasteiger partial charge in [0.1, 0.15) is 12.4 Å². The number of ether oxygens (including phenoxy) is 1. The third-order valence-electron chi connectivity index (χ3n) is 9.72. The molecule has 0 spiro atoms. The fourth-order valence-corrected chi connectivity index (χ4v) is 7.67. The van der Waals surface area contributed by atoms with E-state index in [1.807, 2.05) is 36.5 Å². The average molecular weight is 511 g/mol. The lowest BCUT2D eigenvalue weighted by molar-refractivity contribution is -0.129. The van der Waals surface area contributed by atoms with E-state index >= 15 is 0 Å². The molecule has 3 aromatic rings. The van der Waals surface area contributed by atoms with E-state index in [1.165, 1.54) is 16.7 Å². The van der Waals surface area contributed by atoms with Gasteiger partial charge in [-0.05, 0) is 102 Å². The number of hydrogen-bond donors (Lipinski definition) is 2. The molecule has 1 heterocycles. The molecule has 2 aromatic carbocycles. The molecule has 2 fully saturated rings. The number of aromatic nitrogens is 1. The van der Waals surface area contributed by atoms with Gasteiger partial charge in [0, 0.05) is 18.9 Å². The Balaban J connectivity index is 1.11. The van der Waals surface area contributed by atoms with Crippen LogP contribution in [0, 0.1) is 23.2 Å². The molecule has 6 atom stereocenters. The molecule has 3 aliphatic carbocycles. The van der Waals surface area contributed by atoms with E-state index in [0.717, 1.165) is 49.8 Å². The summed E-state index contributed by atoms with van der Waals surface area (Å²) in [6, 6.07) is 20.9. The molecule has 198 valence electrons. The molecule has 0 radical (unpaired) electrons. The molecule has 6 unspecified atom stereocenters. The van der Waals surface area contributed by atoms with Crippen LogP contribution in [0.25, 0.3) is 0 Å². The van der Waals surface area contributed by atoms with Gasteiger partial charge in [-0.3, -0.25) is 9.78 Å². The summed E-state index contributed by atoms with van der Waals surface area (Å²) in [6.45, 7) is 3.39. The number of benzene rings is 2. The summed E-state index contributed by atoms with van der Waals surface area (Å²) < 4.78 is 6.11. The Kier molecular flexibility index (Phi) is 6.96. The number of rotatable bonds is 7. The predicted octanol–water partition coefficient (Wildman–Crippen LogP) is 5.46. The molecule has 0 saturated heterocycles. The van der Waals surface area contributed by atoms with Crippen LogP contribution < -0.4 is 10.1 Å². The van der Waals surface area contributed by atoms with Crippen LogP contribution in [0.3, 0.4) is 0 Å². The van der Waals surface area contributed by atoms with Gasteiger partial charge < -0.3 is 15.2 Å². The van der Waals surface area contributed by atoms with Crippen molar-refractivity contribution < 1.29 is 14.6 Å². The summed E-state index contributed by atoms with van der Waals surface area (Å²) >= 11 is 0. The predicted molar refractivity (Wildman–Crippen MR) is 148 cm³/mol. The summed E-state index contributed by atoms with van der Waals surface area (Å²) in [5, 5.41) is 14.5. The third-order valence-corrected chi connectivity index (χ3v) is 9.72. The minimum atomic E-state index is -0.581. The van der Waals surface area contributed by atoms with Gasteiger partial charge in [0.2, 0.25) is 5.91 Å². The highest BCUT2D eigenvalue weighted by Gasteiger charge is 2.59. The van der Waals surface area contributed by atoms with Crippen LogP contribution in [0.15, 0.2) is 73.1 Å². The maximum atomic E-state index is 13.2. The number of carbonyl (C=O) groups excluding carboxylic acids is 1. The van der Waals surface area contributed by atoms with E-state index in [0.29, 0.717) is 30.9 Å². The number of aliphatic hydroxyl groups excluding tert-OH is 1. The fourth-order valence-electron chi connectivity index (χ4n) is 7.67. The molecule has 1 aromatic heterocycles. The Morgan fingerprint density at radius 3 is 2.76 bits per heavy atom. The van der Waals surface area contributed by atoms with Crippen LogP contribution in [-0.4, -0.2) is 28.6 Å². The molecule has 2 saturated carbocycles. The van der Waals surface area contributed by atoms with Crippen LogP contribution in [0.1, 0.15) is 60.8 Å². The summed E-state index contributed by atoms with van der Waals surface area (Å²) in [7, 11) is 0. The Bertz CT molecular complexity index is 1260. The smallest absolute Gasteiger partial charge is 0.225 e. The number of amides is 1. The van der Waals surface area contributed by atoms with Crippen molar-refractivity contribution in [3.05, 3.63) is 95.3 Å². The number of fused-ring (bicyclic) bond motifs is 5. The van der Waals surface area contributed by atoms with Crippen LogP contribution >= 0.6 is 0 Å². The SMILES string of the molecule is CC12CCC3c4ccc(OCc5ccccc5)cc4CCC3C1CC(C(=O)NCCc1cccnc1)C2O. The minimum absolute atomic E-state index is 0.00461. The molecular formula is C33H38N2O3. The van der Waals surface area contributed by atoms with Crippen molar-refractivity contribution in [2.45, 2.75) is 64.1 Å².